The van der Waals surface area contributed by atoms with Crippen LogP contribution in [0.4, 0.5) is 0 Å². The van der Waals surface area contributed by atoms with Crippen molar-refractivity contribution in [3.05, 3.63) is 52.9 Å². The number of hydrogen-bond acceptors (Lipinski definition) is 4. The number of aryl methyl sites for hydroxylation is 2. The lowest BCUT2D eigenvalue weighted by molar-refractivity contribution is -0.138. The highest BCUT2D eigenvalue weighted by atomic mass is 16.5. The predicted octanol–water partition coefficient (Wildman–Crippen LogP) is 2.91. The van der Waals surface area contributed by atoms with E-state index in [1.54, 1.807) is 0 Å². The molecule has 25 heavy (non-hydrogen) atoms. The summed E-state index contributed by atoms with van der Waals surface area (Å²) in [5, 5.41) is 4.01. The van der Waals surface area contributed by atoms with Gasteiger partial charge < -0.3 is 14.3 Å². The molecule has 0 saturated carbocycles. The fourth-order valence-corrected chi connectivity index (χ4v) is 3.79. The Bertz CT molecular complexity index is 711. The van der Waals surface area contributed by atoms with Gasteiger partial charge in [0.25, 0.3) is 0 Å². The van der Waals surface area contributed by atoms with E-state index in [0.717, 1.165) is 48.5 Å². The molecule has 1 fully saturated rings. The largest absolute Gasteiger partial charge is 0.361 e. The molecule has 3 rings (SSSR count). The Labute approximate surface area is 149 Å². The van der Waals surface area contributed by atoms with E-state index in [1.165, 1.54) is 0 Å². The summed E-state index contributed by atoms with van der Waals surface area (Å²) in [4.78, 5) is 17.7. The number of aromatic nitrogens is 1. The molecule has 0 aliphatic carbocycles. The average Bonchev–Trinajstić information content (AvgIpc) is 2.94. The van der Waals surface area contributed by atoms with Gasteiger partial charge in [-0.2, -0.15) is 0 Å². The number of carbonyl (C=O) groups is 1. The van der Waals surface area contributed by atoms with Crippen LogP contribution in [0.25, 0.3) is 0 Å². The van der Waals surface area contributed by atoms with Crippen molar-refractivity contribution in [1.29, 1.82) is 0 Å². The van der Waals surface area contributed by atoms with Crippen molar-refractivity contribution < 1.29 is 9.32 Å². The van der Waals surface area contributed by atoms with Crippen molar-refractivity contribution in [3.8, 4) is 0 Å². The lowest BCUT2D eigenvalue weighted by Gasteiger charge is -2.42. The third-order valence-electron chi connectivity index (χ3n) is 5.50. The molecule has 0 N–H and O–H groups in total. The Morgan fingerprint density at radius 3 is 2.44 bits per heavy atom. The fraction of sp³-hybridized carbons (Fsp3) is 0.500. The fourth-order valence-electron chi connectivity index (χ4n) is 3.79. The highest BCUT2D eigenvalue weighted by molar-refractivity contribution is 5.88. The van der Waals surface area contributed by atoms with Gasteiger partial charge in [-0.25, -0.2) is 0 Å². The first kappa shape index (κ1) is 17.7. The number of amides is 1. The Balaban J connectivity index is 1.89. The molecule has 0 bridgehead atoms. The first-order chi connectivity index (χ1) is 11.9. The number of hydrogen-bond donors (Lipinski definition) is 0. The van der Waals surface area contributed by atoms with Gasteiger partial charge in [0.2, 0.25) is 5.91 Å². The second-order valence-electron chi connectivity index (χ2n) is 7.22. The standard InChI is InChI=1S/C20H27N3O2/c1-15-18(16(2)25-21-15)14-23(4)19(24)20(10-12-22(3)13-11-20)17-8-6-5-7-9-17/h5-9H,10-14H2,1-4H3. The van der Waals surface area contributed by atoms with E-state index < -0.39 is 5.41 Å². The number of rotatable bonds is 4. The van der Waals surface area contributed by atoms with Crippen molar-refractivity contribution in [2.75, 3.05) is 27.2 Å². The van der Waals surface area contributed by atoms with Gasteiger partial charge in [-0.15, -0.1) is 0 Å². The maximum Gasteiger partial charge on any atom is 0.233 e. The van der Waals surface area contributed by atoms with E-state index >= 15 is 0 Å². The molecule has 0 atom stereocenters. The van der Waals surface area contributed by atoms with E-state index in [-0.39, 0.29) is 5.91 Å². The third-order valence-corrected chi connectivity index (χ3v) is 5.50. The van der Waals surface area contributed by atoms with Gasteiger partial charge in [0.15, 0.2) is 0 Å². The minimum atomic E-state index is -0.443. The maximum absolute atomic E-state index is 13.5. The number of carbonyl (C=O) groups excluding carboxylic acids is 1. The van der Waals surface area contributed by atoms with Crippen LogP contribution < -0.4 is 0 Å². The summed E-state index contributed by atoms with van der Waals surface area (Å²) in [6, 6.07) is 10.2. The molecule has 1 amide bonds. The molecule has 1 aromatic heterocycles. The first-order valence-corrected chi connectivity index (χ1v) is 8.85. The zero-order valence-electron chi connectivity index (χ0n) is 15.6. The smallest absolute Gasteiger partial charge is 0.233 e. The van der Waals surface area contributed by atoms with Crippen molar-refractivity contribution in [2.24, 2.45) is 0 Å². The van der Waals surface area contributed by atoms with E-state index in [4.69, 9.17) is 4.52 Å². The summed E-state index contributed by atoms with van der Waals surface area (Å²) in [5.41, 5.74) is 2.54. The van der Waals surface area contributed by atoms with Gasteiger partial charge in [-0.1, -0.05) is 35.5 Å². The molecule has 1 aliphatic heterocycles. The molecule has 2 aromatic rings. The zero-order chi connectivity index (χ0) is 18.0. The number of likely N-dealkylation sites (tertiary alicyclic amines) is 1. The number of nitrogens with zero attached hydrogens (tertiary/aromatic N) is 3. The highest BCUT2D eigenvalue weighted by Gasteiger charge is 2.43. The molecule has 5 nitrogen and oxygen atoms in total. The summed E-state index contributed by atoms with van der Waals surface area (Å²) in [6.07, 6.45) is 1.69. The quantitative estimate of drug-likeness (QED) is 0.858. The van der Waals surface area contributed by atoms with Crippen LogP contribution in [0.15, 0.2) is 34.9 Å². The molecule has 2 heterocycles. The summed E-state index contributed by atoms with van der Waals surface area (Å²) in [5.74, 6) is 0.973. The Hall–Kier alpha value is -2.14. The molecule has 0 radical (unpaired) electrons. The third kappa shape index (κ3) is 3.33. The van der Waals surface area contributed by atoms with Gasteiger partial charge in [-0.3, -0.25) is 4.79 Å². The molecule has 0 unspecified atom stereocenters. The summed E-state index contributed by atoms with van der Waals surface area (Å²) in [7, 11) is 4.00. The van der Waals surface area contributed by atoms with Crippen LogP contribution in [-0.2, 0) is 16.8 Å². The number of piperidine rings is 1. The van der Waals surface area contributed by atoms with Gasteiger partial charge in [0.05, 0.1) is 17.7 Å². The van der Waals surface area contributed by atoms with Crippen LogP contribution >= 0.6 is 0 Å². The van der Waals surface area contributed by atoms with Crippen molar-refractivity contribution in [3.63, 3.8) is 0 Å². The molecule has 5 heteroatoms. The van der Waals surface area contributed by atoms with E-state index in [9.17, 15) is 4.79 Å². The summed E-state index contributed by atoms with van der Waals surface area (Å²) >= 11 is 0. The van der Waals surface area contributed by atoms with Crippen molar-refractivity contribution in [1.82, 2.24) is 15.0 Å². The monoisotopic (exact) mass is 341 g/mol. The normalized spacial score (nSPS) is 17.4. The minimum absolute atomic E-state index is 0.187. The van der Waals surface area contributed by atoms with Crippen LogP contribution in [0, 0.1) is 13.8 Å². The molecule has 134 valence electrons. The second-order valence-corrected chi connectivity index (χ2v) is 7.22. The highest BCUT2D eigenvalue weighted by Crippen LogP contribution is 2.37. The van der Waals surface area contributed by atoms with Crippen molar-refractivity contribution >= 4 is 5.91 Å². The summed E-state index contributed by atoms with van der Waals surface area (Å²) < 4.78 is 5.25. The Morgan fingerprint density at radius 2 is 1.88 bits per heavy atom. The first-order valence-electron chi connectivity index (χ1n) is 8.85. The summed E-state index contributed by atoms with van der Waals surface area (Å²) in [6.45, 7) is 6.22. The molecule has 0 spiro atoms. The van der Waals surface area contributed by atoms with Crippen LogP contribution in [0.5, 0.6) is 0 Å². The lowest BCUT2D eigenvalue weighted by Crippen LogP contribution is -2.51. The van der Waals surface area contributed by atoms with Crippen LogP contribution in [0.2, 0.25) is 0 Å². The maximum atomic E-state index is 13.5. The molecule has 1 aliphatic rings. The molecular formula is C20H27N3O2. The van der Waals surface area contributed by atoms with Gasteiger partial charge in [0, 0.05) is 12.6 Å². The van der Waals surface area contributed by atoms with E-state index in [1.807, 2.05) is 44.0 Å². The SMILES string of the molecule is Cc1noc(C)c1CN(C)C(=O)C1(c2ccccc2)CCN(C)CC1. The average molecular weight is 341 g/mol. The topological polar surface area (TPSA) is 49.6 Å². The Morgan fingerprint density at radius 1 is 1.24 bits per heavy atom. The number of likely N-dealkylation sites (N-methyl/N-ethyl adjacent to an activating group) is 1. The minimum Gasteiger partial charge on any atom is -0.361 e. The van der Waals surface area contributed by atoms with Crippen LogP contribution in [-0.4, -0.2) is 48.0 Å². The lowest BCUT2D eigenvalue weighted by atomic mass is 9.71. The second kappa shape index (κ2) is 7.00. The van der Waals surface area contributed by atoms with E-state index in [0.29, 0.717) is 6.54 Å². The molecule has 1 saturated heterocycles. The van der Waals surface area contributed by atoms with Gasteiger partial charge in [0.1, 0.15) is 5.76 Å². The Kier molecular flexibility index (Phi) is 4.95. The number of benzene rings is 1. The van der Waals surface area contributed by atoms with Gasteiger partial charge >= 0.3 is 0 Å². The van der Waals surface area contributed by atoms with Gasteiger partial charge in [-0.05, 0) is 52.4 Å². The molecular weight excluding hydrogens is 314 g/mol. The van der Waals surface area contributed by atoms with E-state index in [2.05, 4.69) is 29.2 Å². The van der Waals surface area contributed by atoms with Crippen LogP contribution in [0.1, 0.15) is 35.4 Å². The predicted molar refractivity (Wildman–Crippen MR) is 97.3 cm³/mol. The zero-order valence-corrected chi connectivity index (χ0v) is 15.6. The van der Waals surface area contributed by atoms with Crippen molar-refractivity contribution in [2.45, 2.75) is 38.6 Å². The molecule has 1 aromatic carbocycles. The van der Waals surface area contributed by atoms with Crippen LogP contribution in [0.3, 0.4) is 0 Å².